The van der Waals surface area contributed by atoms with Crippen molar-refractivity contribution < 1.29 is 9.13 Å². The van der Waals surface area contributed by atoms with Crippen LogP contribution < -0.4 is 10.4 Å². The smallest absolute Gasteiger partial charge is 0.368 e. The van der Waals surface area contributed by atoms with Crippen LogP contribution in [0.1, 0.15) is 13.3 Å². The molecule has 21 heavy (non-hydrogen) atoms. The molecule has 6 nitrogen and oxygen atoms in total. The number of nitrogens with zero attached hydrogens (tertiary/aromatic N) is 4. The molecule has 0 aliphatic carbocycles. The molecule has 1 heterocycles. The van der Waals surface area contributed by atoms with Gasteiger partial charge in [0, 0.05) is 12.6 Å². The average Bonchev–Trinajstić information content (AvgIpc) is 2.80. The van der Waals surface area contributed by atoms with Crippen molar-refractivity contribution in [3.05, 3.63) is 32.9 Å². The van der Waals surface area contributed by atoms with Gasteiger partial charge in [-0.05, 0) is 38.8 Å². The predicted octanol–water partition coefficient (Wildman–Crippen LogP) is 1.75. The largest absolute Gasteiger partial charge is 0.480 e. The van der Waals surface area contributed by atoms with Crippen LogP contribution in [0.5, 0.6) is 5.75 Å². The normalized spacial score (nSPS) is 10.4. The molecule has 1 aromatic carbocycles. The van der Waals surface area contributed by atoms with Gasteiger partial charge < -0.3 is 4.74 Å². The minimum absolute atomic E-state index is 0.0289. The van der Waals surface area contributed by atoms with E-state index in [4.69, 9.17) is 11.2 Å². The molecule has 1 aromatic heterocycles. The first-order valence-electron chi connectivity index (χ1n) is 6.17. The van der Waals surface area contributed by atoms with Gasteiger partial charge in [0.05, 0.1) is 4.47 Å². The highest BCUT2D eigenvalue weighted by atomic mass is 79.9. The quantitative estimate of drug-likeness (QED) is 0.767. The fourth-order valence-corrected chi connectivity index (χ4v) is 2.12. The molecule has 0 aliphatic rings. The van der Waals surface area contributed by atoms with E-state index >= 15 is 0 Å². The second-order valence-corrected chi connectivity index (χ2v) is 4.98. The van der Waals surface area contributed by atoms with Crippen LogP contribution >= 0.6 is 15.9 Å². The Balaban J connectivity index is 2.49. The summed E-state index contributed by atoms with van der Waals surface area (Å²) in [6.07, 6.45) is 5.84. The highest BCUT2D eigenvalue weighted by Crippen LogP contribution is 2.29. The van der Waals surface area contributed by atoms with Crippen LogP contribution in [0.4, 0.5) is 4.39 Å². The Bertz CT molecular complexity index is 748. The van der Waals surface area contributed by atoms with Crippen molar-refractivity contribution in [2.24, 2.45) is 0 Å². The second-order valence-electron chi connectivity index (χ2n) is 4.12. The van der Waals surface area contributed by atoms with Gasteiger partial charge in [0.15, 0.2) is 5.82 Å². The number of halogens is 2. The number of benzene rings is 1. The van der Waals surface area contributed by atoms with Crippen LogP contribution in [0.25, 0.3) is 5.69 Å². The number of hydrogen-bond donors (Lipinski definition) is 0. The molecule has 2 rings (SSSR count). The standard InChI is InChI=1S/C13H12BrFN4O2/c1-3-5-18-13(20)19(17-16-18)11-8-12(21-6-4-2)9(14)7-10(11)15/h2,7-8H,3,5-6H2,1H3. The van der Waals surface area contributed by atoms with Gasteiger partial charge in [-0.15, -0.1) is 6.42 Å². The summed E-state index contributed by atoms with van der Waals surface area (Å²) in [7, 11) is 0. The van der Waals surface area contributed by atoms with Gasteiger partial charge in [0.25, 0.3) is 0 Å². The van der Waals surface area contributed by atoms with Gasteiger partial charge in [-0.1, -0.05) is 12.8 Å². The Hall–Kier alpha value is -2.14. The zero-order chi connectivity index (χ0) is 15.4. The minimum Gasteiger partial charge on any atom is -0.480 e. The van der Waals surface area contributed by atoms with Crippen molar-refractivity contribution >= 4 is 15.9 Å². The highest BCUT2D eigenvalue weighted by Gasteiger charge is 2.16. The first kappa shape index (κ1) is 15.3. The molecule has 0 atom stereocenters. The lowest BCUT2D eigenvalue weighted by Gasteiger charge is -2.08. The molecule has 0 amide bonds. The van der Waals surface area contributed by atoms with Crippen molar-refractivity contribution in [1.29, 1.82) is 0 Å². The Kier molecular flexibility index (Phi) is 4.75. The molecule has 0 saturated carbocycles. The number of aromatic nitrogens is 4. The molecule has 0 radical (unpaired) electrons. The number of rotatable bonds is 5. The van der Waals surface area contributed by atoms with E-state index in [0.717, 1.165) is 11.1 Å². The monoisotopic (exact) mass is 354 g/mol. The molecular weight excluding hydrogens is 343 g/mol. The van der Waals surface area contributed by atoms with Crippen molar-refractivity contribution in [3.8, 4) is 23.8 Å². The Morgan fingerprint density at radius 1 is 1.48 bits per heavy atom. The summed E-state index contributed by atoms with van der Waals surface area (Å²) < 4.78 is 21.8. The molecule has 0 unspecified atom stereocenters. The van der Waals surface area contributed by atoms with Crippen molar-refractivity contribution in [1.82, 2.24) is 19.8 Å². The van der Waals surface area contributed by atoms with Crippen molar-refractivity contribution in [3.63, 3.8) is 0 Å². The average molecular weight is 355 g/mol. The third kappa shape index (κ3) is 3.13. The molecule has 0 spiro atoms. The Morgan fingerprint density at radius 3 is 2.90 bits per heavy atom. The number of terminal acetylenes is 1. The fraction of sp³-hybridized carbons (Fsp3) is 0.308. The van der Waals surface area contributed by atoms with E-state index in [1.165, 1.54) is 16.8 Å². The number of ether oxygens (including phenoxy) is 1. The minimum atomic E-state index is -0.624. The summed E-state index contributed by atoms with van der Waals surface area (Å²) in [4.78, 5) is 12.1. The first-order valence-corrected chi connectivity index (χ1v) is 6.96. The van der Waals surface area contributed by atoms with Crippen LogP contribution in [0.2, 0.25) is 0 Å². The molecule has 0 N–H and O–H groups in total. The maximum absolute atomic E-state index is 14.1. The zero-order valence-corrected chi connectivity index (χ0v) is 12.8. The van der Waals surface area contributed by atoms with E-state index in [1.807, 2.05) is 6.92 Å². The van der Waals surface area contributed by atoms with Crippen LogP contribution in [0, 0.1) is 18.2 Å². The van der Waals surface area contributed by atoms with Crippen LogP contribution in [-0.4, -0.2) is 26.4 Å². The SMILES string of the molecule is C#CCOc1cc(-n2nnn(CCC)c2=O)c(F)cc1Br. The molecule has 110 valence electrons. The lowest BCUT2D eigenvalue weighted by Crippen LogP contribution is -2.24. The summed E-state index contributed by atoms with van der Waals surface area (Å²) in [5.41, 5.74) is -0.557. The van der Waals surface area contributed by atoms with Crippen molar-refractivity contribution in [2.75, 3.05) is 6.61 Å². The molecular formula is C13H12BrFN4O2. The molecule has 0 bridgehead atoms. The molecule has 2 aromatic rings. The van der Waals surface area contributed by atoms with Crippen LogP contribution in [-0.2, 0) is 6.54 Å². The topological polar surface area (TPSA) is 61.9 Å². The van der Waals surface area contributed by atoms with Gasteiger partial charge in [-0.3, -0.25) is 0 Å². The van der Waals surface area contributed by atoms with E-state index in [1.54, 1.807) is 0 Å². The first-order chi connectivity index (χ1) is 10.1. The molecule has 0 saturated heterocycles. The maximum Gasteiger partial charge on any atom is 0.368 e. The zero-order valence-electron chi connectivity index (χ0n) is 11.2. The maximum atomic E-state index is 14.1. The van der Waals surface area contributed by atoms with E-state index in [0.29, 0.717) is 16.8 Å². The molecule has 0 fully saturated rings. The van der Waals surface area contributed by atoms with E-state index in [9.17, 15) is 9.18 Å². The number of hydrogen-bond acceptors (Lipinski definition) is 4. The van der Waals surface area contributed by atoms with Gasteiger partial charge in [0.1, 0.15) is 18.0 Å². The number of aryl methyl sites for hydroxylation is 1. The van der Waals surface area contributed by atoms with Crippen LogP contribution in [0.15, 0.2) is 21.4 Å². The Morgan fingerprint density at radius 2 is 2.24 bits per heavy atom. The van der Waals surface area contributed by atoms with E-state index < -0.39 is 11.5 Å². The molecule has 8 heteroatoms. The summed E-state index contributed by atoms with van der Waals surface area (Å²) in [5.74, 6) is 2.01. The summed E-state index contributed by atoms with van der Waals surface area (Å²) in [6, 6.07) is 2.54. The summed E-state index contributed by atoms with van der Waals surface area (Å²) in [5, 5.41) is 7.39. The molecule has 0 aliphatic heterocycles. The highest BCUT2D eigenvalue weighted by molar-refractivity contribution is 9.10. The third-order valence-electron chi connectivity index (χ3n) is 2.62. The summed E-state index contributed by atoms with van der Waals surface area (Å²) >= 11 is 3.17. The third-order valence-corrected chi connectivity index (χ3v) is 3.24. The lowest BCUT2D eigenvalue weighted by atomic mass is 10.3. The number of tetrazole rings is 1. The predicted molar refractivity (Wildman–Crippen MR) is 77.9 cm³/mol. The van der Waals surface area contributed by atoms with Gasteiger partial charge >= 0.3 is 5.69 Å². The van der Waals surface area contributed by atoms with Crippen molar-refractivity contribution in [2.45, 2.75) is 19.9 Å². The van der Waals surface area contributed by atoms with Gasteiger partial charge in [-0.25, -0.2) is 9.18 Å². The van der Waals surface area contributed by atoms with E-state index in [2.05, 4.69) is 32.3 Å². The lowest BCUT2D eigenvalue weighted by molar-refractivity contribution is 0.366. The fourth-order valence-electron chi connectivity index (χ4n) is 1.69. The Labute approximate surface area is 128 Å². The van der Waals surface area contributed by atoms with Crippen LogP contribution in [0.3, 0.4) is 0 Å². The van der Waals surface area contributed by atoms with E-state index in [-0.39, 0.29) is 12.3 Å². The summed E-state index contributed by atoms with van der Waals surface area (Å²) in [6.45, 7) is 2.34. The van der Waals surface area contributed by atoms with Gasteiger partial charge in [-0.2, -0.15) is 9.36 Å². The second kappa shape index (κ2) is 6.54. The van der Waals surface area contributed by atoms with Gasteiger partial charge in [0.2, 0.25) is 0 Å².